The fraction of sp³-hybridized carbons (Fsp3) is 0.846. The Balaban J connectivity index is 4.17. The molecule has 0 aromatic heterocycles. The van der Waals surface area contributed by atoms with Gasteiger partial charge in [-0.25, -0.2) is 4.57 Å². The van der Waals surface area contributed by atoms with Crippen molar-refractivity contribution in [3.8, 4) is 0 Å². The maximum atomic E-state index is 12.5. The summed E-state index contributed by atoms with van der Waals surface area (Å²) in [5.74, 6) is -0.844. The lowest BCUT2D eigenvalue weighted by atomic mass is 10.1. The highest BCUT2D eigenvalue weighted by molar-refractivity contribution is 7.47. The van der Waals surface area contributed by atoms with Crippen molar-refractivity contribution in [2.45, 2.75) is 187 Å². The molecule has 10 heteroatoms. The minimum absolute atomic E-state index is 0.0522. The number of unbranched alkanes of at least 4 members (excludes halogenated alkanes) is 20. The Bertz CT molecular complexity index is 866. The van der Waals surface area contributed by atoms with Crippen molar-refractivity contribution in [3.63, 3.8) is 0 Å². The van der Waals surface area contributed by atoms with Gasteiger partial charge in [-0.3, -0.25) is 18.6 Å². The average molecular weight is 716 g/mol. The van der Waals surface area contributed by atoms with Crippen LogP contribution in [0.15, 0.2) is 24.3 Å². The number of phosphoric acid groups is 1. The number of carbonyl (C=O) groups excluding carboxylic acids is 2. The van der Waals surface area contributed by atoms with E-state index in [9.17, 15) is 19.0 Å². The predicted octanol–water partition coefficient (Wildman–Crippen LogP) is 10.8. The Kier molecular flexibility index (Phi) is 35.2. The molecule has 0 amide bonds. The summed E-state index contributed by atoms with van der Waals surface area (Å²) >= 11 is 0. The Hall–Kier alpha value is -1.51. The number of nitrogens with two attached hydrogens (primary N) is 1. The second-order valence-electron chi connectivity index (χ2n) is 13.1. The van der Waals surface area contributed by atoms with Gasteiger partial charge < -0.3 is 20.1 Å². The zero-order valence-corrected chi connectivity index (χ0v) is 32.3. The molecule has 0 fully saturated rings. The molecule has 0 saturated carbocycles. The van der Waals surface area contributed by atoms with E-state index >= 15 is 0 Å². The minimum atomic E-state index is -4.37. The van der Waals surface area contributed by atoms with Crippen LogP contribution >= 0.6 is 7.82 Å². The SMILES string of the molecule is CCCCC=CCCCCCCCC(=O)OC(COC(=O)CCCCCCCCCC=CCCCCCCCC)COP(=O)(O)OCCN. The lowest BCUT2D eigenvalue weighted by molar-refractivity contribution is -0.161. The number of hydrogen-bond acceptors (Lipinski definition) is 8. The minimum Gasteiger partial charge on any atom is -0.462 e. The second kappa shape index (κ2) is 36.3. The summed E-state index contributed by atoms with van der Waals surface area (Å²) in [5.41, 5.74) is 5.33. The molecule has 2 unspecified atom stereocenters. The summed E-state index contributed by atoms with van der Waals surface area (Å²) in [4.78, 5) is 34.7. The first-order valence-electron chi connectivity index (χ1n) is 19.8. The molecule has 0 aromatic rings. The van der Waals surface area contributed by atoms with E-state index in [1.54, 1.807) is 0 Å². The van der Waals surface area contributed by atoms with Crippen LogP contribution in [0.2, 0.25) is 0 Å². The highest BCUT2D eigenvalue weighted by Gasteiger charge is 2.25. The summed E-state index contributed by atoms with van der Waals surface area (Å²) in [5, 5.41) is 0. The van der Waals surface area contributed by atoms with Gasteiger partial charge in [0.05, 0.1) is 13.2 Å². The maximum absolute atomic E-state index is 12.5. The van der Waals surface area contributed by atoms with Gasteiger partial charge >= 0.3 is 19.8 Å². The first-order valence-corrected chi connectivity index (χ1v) is 21.3. The normalized spacial score (nSPS) is 13.6. The van der Waals surface area contributed by atoms with Gasteiger partial charge in [0, 0.05) is 19.4 Å². The number of ether oxygens (including phenoxy) is 2. The summed E-state index contributed by atoms with van der Waals surface area (Å²) in [7, 11) is -4.37. The molecule has 49 heavy (non-hydrogen) atoms. The molecule has 2 atom stereocenters. The third-order valence-corrected chi connectivity index (χ3v) is 9.29. The monoisotopic (exact) mass is 716 g/mol. The molecule has 0 radical (unpaired) electrons. The fourth-order valence-corrected chi connectivity index (χ4v) is 6.08. The summed E-state index contributed by atoms with van der Waals surface area (Å²) in [6.45, 7) is 3.67. The van der Waals surface area contributed by atoms with E-state index in [2.05, 4.69) is 38.2 Å². The zero-order valence-electron chi connectivity index (χ0n) is 31.4. The van der Waals surface area contributed by atoms with E-state index < -0.39 is 26.5 Å². The molecule has 0 aromatic carbocycles. The van der Waals surface area contributed by atoms with E-state index in [1.165, 1.54) is 77.0 Å². The van der Waals surface area contributed by atoms with Gasteiger partial charge in [-0.15, -0.1) is 0 Å². The third-order valence-electron chi connectivity index (χ3n) is 8.31. The van der Waals surface area contributed by atoms with Crippen LogP contribution in [-0.2, 0) is 32.7 Å². The molecular weight excluding hydrogens is 641 g/mol. The lowest BCUT2D eigenvalue weighted by Crippen LogP contribution is -2.29. The van der Waals surface area contributed by atoms with Crippen molar-refractivity contribution in [1.82, 2.24) is 0 Å². The highest BCUT2D eigenvalue weighted by Crippen LogP contribution is 2.43. The Morgan fingerprint density at radius 2 is 1.02 bits per heavy atom. The lowest BCUT2D eigenvalue weighted by Gasteiger charge is -2.19. The molecule has 288 valence electrons. The molecule has 0 saturated heterocycles. The molecular formula is C39H74NO8P. The molecule has 9 nitrogen and oxygen atoms in total. The fourth-order valence-electron chi connectivity index (χ4n) is 5.31. The van der Waals surface area contributed by atoms with Gasteiger partial charge in [0.25, 0.3) is 0 Å². The van der Waals surface area contributed by atoms with Crippen LogP contribution in [0.1, 0.15) is 181 Å². The predicted molar refractivity (Wildman–Crippen MR) is 201 cm³/mol. The van der Waals surface area contributed by atoms with Gasteiger partial charge in [0.2, 0.25) is 0 Å². The molecule has 0 heterocycles. The van der Waals surface area contributed by atoms with E-state index in [-0.39, 0.29) is 38.6 Å². The number of esters is 2. The van der Waals surface area contributed by atoms with Crippen molar-refractivity contribution >= 4 is 19.8 Å². The maximum Gasteiger partial charge on any atom is 0.472 e. The van der Waals surface area contributed by atoms with Crippen molar-refractivity contribution in [3.05, 3.63) is 24.3 Å². The van der Waals surface area contributed by atoms with Gasteiger partial charge in [-0.05, 0) is 57.8 Å². The highest BCUT2D eigenvalue weighted by atomic mass is 31.2. The van der Waals surface area contributed by atoms with Gasteiger partial charge in [0.15, 0.2) is 6.10 Å². The number of phosphoric ester groups is 1. The van der Waals surface area contributed by atoms with Crippen LogP contribution in [0, 0.1) is 0 Å². The Labute approximate surface area is 300 Å². The topological polar surface area (TPSA) is 134 Å². The van der Waals surface area contributed by atoms with Crippen LogP contribution in [0.4, 0.5) is 0 Å². The van der Waals surface area contributed by atoms with E-state index in [0.29, 0.717) is 6.42 Å². The molecule has 0 bridgehead atoms. The van der Waals surface area contributed by atoms with Crippen LogP contribution in [0.25, 0.3) is 0 Å². The average Bonchev–Trinajstić information content (AvgIpc) is 3.08. The molecule has 0 rings (SSSR count). The number of carbonyl (C=O) groups is 2. The number of allylic oxidation sites excluding steroid dienone is 4. The smallest absolute Gasteiger partial charge is 0.462 e. The van der Waals surface area contributed by atoms with Crippen LogP contribution in [0.3, 0.4) is 0 Å². The molecule has 3 N–H and O–H groups in total. The molecule has 0 aliphatic heterocycles. The number of hydrogen-bond donors (Lipinski definition) is 2. The van der Waals surface area contributed by atoms with E-state index in [0.717, 1.165) is 70.6 Å². The number of rotatable bonds is 37. The second-order valence-corrected chi connectivity index (χ2v) is 14.6. The zero-order chi connectivity index (χ0) is 36.1. The molecule has 0 aliphatic carbocycles. The van der Waals surface area contributed by atoms with E-state index in [4.69, 9.17) is 24.3 Å². The largest absolute Gasteiger partial charge is 0.472 e. The van der Waals surface area contributed by atoms with Crippen molar-refractivity contribution in [2.24, 2.45) is 5.73 Å². The van der Waals surface area contributed by atoms with Crippen LogP contribution in [-0.4, -0.2) is 49.3 Å². The molecule has 0 aliphatic rings. The quantitative estimate of drug-likeness (QED) is 0.0279. The van der Waals surface area contributed by atoms with Crippen LogP contribution < -0.4 is 5.73 Å². The molecule has 0 spiro atoms. The van der Waals surface area contributed by atoms with Crippen molar-refractivity contribution in [1.29, 1.82) is 0 Å². The first-order chi connectivity index (χ1) is 23.8. The van der Waals surface area contributed by atoms with Crippen molar-refractivity contribution < 1.29 is 37.6 Å². The third kappa shape index (κ3) is 36.1. The van der Waals surface area contributed by atoms with Gasteiger partial charge in [0.1, 0.15) is 6.61 Å². The Morgan fingerprint density at radius 1 is 0.592 bits per heavy atom. The van der Waals surface area contributed by atoms with Gasteiger partial charge in [-0.2, -0.15) is 0 Å². The van der Waals surface area contributed by atoms with Crippen molar-refractivity contribution in [2.75, 3.05) is 26.4 Å². The van der Waals surface area contributed by atoms with Crippen LogP contribution in [0.5, 0.6) is 0 Å². The summed E-state index contributed by atoms with van der Waals surface area (Å²) in [6, 6.07) is 0. The summed E-state index contributed by atoms with van der Waals surface area (Å²) < 4.78 is 32.6. The van der Waals surface area contributed by atoms with E-state index in [1.807, 2.05) is 0 Å². The first kappa shape index (κ1) is 47.5. The van der Waals surface area contributed by atoms with Gasteiger partial charge in [-0.1, -0.05) is 134 Å². The summed E-state index contributed by atoms with van der Waals surface area (Å²) in [6.07, 6.45) is 36.4. The Morgan fingerprint density at radius 3 is 1.51 bits per heavy atom. The standard InChI is InChI=1S/C39H74NO8P/c1-3-5-7-9-11-13-15-16-17-18-19-20-22-23-25-27-29-31-38(41)45-35-37(36-47-49(43,44)46-34-33-40)48-39(42)32-30-28-26-24-21-14-12-10-8-6-4-2/h10,12,16-17,37H,3-9,11,13-15,18-36,40H2,1-2H3,(H,43,44).